The quantitative estimate of drug-likeness (QED) is 0.269. The first-order valence-electron chi connectivity index (χ1n) is 17.3. The summed E-state index contributed by atoms with van der Waals surface area (Å²) in [6.07, 6.45) is 3.53. The van der Waals surface area contributed by atoms with Crippen LogP contribution in [0.25, 0.3) is 4.85 Å². The molecule has 260 valence electrons. The van der Waals surface area contributed by atoms with Crippen molar-refractivity contribution in [2.75, 3.05) is 18.0 Å². The number of hydrogen-bond acceptors (Lipinski definition) is 8. The number of amides is 5. The van der Waals surface area contributed by atoms with Gasteiger partial charge in [0.1, 0.15) is 17.9 Å². The number of piperidine rings is 2. The minimum absolute atomic E-state index is 0.0165. The number of carbonyl (C=O) groups is 5. The Morgan fingerprint density at radius 2 is 1.57 bits per heavy atom. The Kier molecular flexibility index (Phi) is 8.48. The Morgan fingerprint density at radius 3 is 2.18 bits per heavy atom. The third-order valence-corrected chi connectivity index (χ3v) is 11.1. The van der Waals surface area contributed by atoms with Crippen LogP contribution in [0.5, 0.6) is 5.75 Å². The Morgan fingerprint density at radius 1 is 0.902 bits per heavy atom. The van der Waals surface area contributed by atoms with Crippen LogP contribution in [0.15, 0.2) is 54.6 Å². The fourth-order valence-electron chi connectivity index (χ4n) is 7.86. The van der Waals surface area contributed by atoms with Crippen LogP contribution in [0, 0.1) is 6.57 Å². The van der Waals surface area contributed by atoms with E-state index in [0.717, 1.165) is 47.6 Å². The zero-order valence-electron chi connectivity index (χ0n) is 27.7. The number of hydrogen-bond donors (Lipinski definition) is 2. The highest BCUT2D eigenvalue weighted by atomic mass is 35.5. The number of imide groups is 2. The number of benzene rings is 3. The van der Waals surface area contributed by atoms with E-state index in [-0.39, 0.29) is 30.9 Å². The molecule has 1 saturated carbocycles. The normalized spacial score (nSPS) is 23.3. The van der Waals surface area contributed by atoms with E-state index < -0.39 is 29.7 Å². The van der Waals surface area contributed by atoms with Gasteiger partial charge in [-0.25, -0.2) is 4.85 Å². The highest BCUT2D eigenvalue weighted by molar-refractivity contribution is 6.33. The molecule has 3 aromatic rings. The molecular weight excluding hydrogens is 672 g/mol. The van der Waals surface area contributed by atoms with Gasteiger partial charge in [0.05, 0.1) is 22.7 Å². The van der Waals surface area contributed by atoms with Gasteiger partial charge in [-0.2, -0.15) is 0 Å². The largest absolute Gasteiger partial charge is 0.490 e. The summed E-state index contributed by atoms with van der Waals surface area (Å²) >= 11 is 6.11. The summed E-state index contributed by atoms with van der Waals surface area (Å²) in [7, 11) is 0. The molecule has 2 N–H and O–H groups in total. The molecule has 1 atom stereocenters. The summed E-state index contributed by atoms with van der Waals surface area (Å²) in [6.45, 7) is 10.2. The van der Waals surface area contributed by atoms with Crippen LogP contribution in [0.2, 0.25) is 5.02 Å². The van der Waals surface area contributed by atoms with Gasteiger partial charge in [-0.05, 0) is 78.9 Å². The second kappa shape index (κ2) is 13.1. The molecule has 5 aliphatic rings. The smallest absolute Gasteiger partial charge is 0.262 e. The average molecular weight is 707 g/mol. The zero-order chi connectivity index (χ0) is 35.4. The molecule has 1 unspecified atom stereocenters. The number of nitrogens with one attached hydrogen (secondary N) is 2. The molecule has 3 aromatic carbocycles. The molecule has 8 rings (SSSR count). The standard InChI is InChI=1S/C38H35ClN6O6/c1-40-32-7-6-27(18-31(32)39)51-28-16-24(17-28)41-35(47)21-2-4-25(5-3-21)43-12-10-26(11-13-43)44-19-22-14-29-30(15-23(22)20-44)38(50)45(37(29)49)33-8-9-34(46)42-36(33)48/h2-7,14-15,18,24,26,28,33H,8-13,16-17,19-20H2,(H,41,47)(H,42,46,48). The Labute approximate surface area is 299 Å². The first-order chi connectivity index (χ1) is 24.6. The van der Waals surface area contributed by atoms with Crippen LogP contribution in [-0.4, -0.2) is 76.7 Å². The number of ether oxygens (including phenoxy) is 1. The third kappa shape index (κ3) is 6.21. The Balaban J connectivity index is 0.809. The lowest BCUT2D eigenvalue weighted by molar-refractivity contribution is -0.136. The highest BCUT2D eigenvalue weighted by Gasteiger charge is 2.45. The minimum atomic E-state index is -0.967. The maximum absolute atomic E-state index is 13.3. The first kappa shape index (κ1) is 32.9. The Hall–Kier alpha value is -5.25. The molecule has 0 radical (unpaired) electrons. The second-order valence-corrected chi connectivity index (χ2v) is 14.3. The molecule has 51 heavy (non-hydrogen) atoms. The van der Waals surface area contributed by atoms with Crippen molar-refractivity contribution >= 4 is 52.5 Å². The van der Waals surface area contributed by atoms with Gasteiger partial charge in [-0.3, -0.25) is 39.1 Å². The summed E-state index contributed by atoms with van der Waals surface area (Å²) in [5.41, 5.74) is 4.78. The number of nitrogens with zero attached hydrogens (tertiary/aromatic N) is 4. The van der Waals surface area contributed by atoms with Gasteiger partial charge in [-0.1, -0.05) is 17.7 Å². The predicted octanol–water partition coefficient (Wildman–Crippen LogP) is 4.62. The fourth-order valence-corrected chi connectivity index (χ4v) is 8.07. The topological polar surface area (TPSA) is 133 Å². The van der Waals surface area contributed by atoms with Crippen molar-refractivity contribution in [2.45, 2.75) is 75.8 Å². The molecule has 0 bridgehead atoms. The predicted molar refractivity (Wildman–Crippen MR) is 187 cm³/mol. The number of rotatable bonds is 7. The minimum Gasteiger partial charge on any atom is -0.490 e. The molecule has 3 fully saturated rings. The molecule has 13 heteroatoms. The molecule has 1 aliphatic carbocycles. The maximum Gasteiger partial charge on any atom is 0.262 e. The molecule has 0 spiro atoms. The monoisotopic (exact) mass is 706 g/mol. The zero-order valence-corrected chi connectivity index (χ0v) is 28.4. The molecule has 5 amide bonds. The lowest BCUT2D eigenvalue weighted by atomic mass is 9.89. The first-order valence-corrected chi connectivity index (χ1v) is 17.6. The molecule has 4 aliphatic heterocycles. The van der Waals surface area contributed by atoms with Crippen LogP contribution in [0.3, 0.4) is 0 Å². The SMILES string of the molecule is [C-]#[N+]c1ccc(OC2CC(NC(=O)c3ccc(N4CCC(N5Cc6cc7c(cc6C5)C(=O)N(C5CCC(=O)NC5=O)C7=O)CC4)cc3)C2)cc1Cl. The van der Waals surface area contributed by atoms with Gasteiger partial charge in [0.25, 0.3) is 17.7 Å². The third-order valence-electron chi connectivity index (χ3n) is 10.8. The highest BCUT2D eigenvalue weighted by Crippen LogP contribution is 2.36. The number of carbonyl (C=O) groups excluding carboxylic acids is 5. The van der Waals surface area contributed by atoms with E-state index in [1.54, 1.807) is 18.2 Å². The fraction of sp³-hybridized carbons (Fsp3) is 0.368. The van der Waals surface area contributed by atoms with Crippen LogP contribution in [-0.2, 0) is 22.7 Å². The second-order valence-electron chi connectivity index (χ2n) is 13.9. The molecule has 2 saturated heterocycles. The van der Waals surface area contributed by atoms with E-state index in [9.17, 15) is 24.0 Å². The van der Waals surface area contributed by atoms with Crippen molar-refractivity contribution in [3.05, 3.63) is 98.9 Å². The van der Waals surface area contributed by atoms with Crippen LogP contribution >= 0.6 is 11.6 Å². The lowest BCUT2D eigenvalue weighted by Crippen LogP contribution is -2.54. The summed E-state index contributed by atoms with van der Waals surface area (Å²) in [4.78, 5) is 72.6. The van der Waals surface area contributed by atoms with Crippen LogP contribution < -0.4 is 20.3 Å². The molecule has 0 aromatic heterocycles. The van der Waals surface area contributed by atoms with Gasteiger partial charge in [-0.15, -0.1) is 0 Å². The Bertz CT molecular complexity index is 1970. The van der Waals surface area contributed by atoms with Crippen LogP contribution in [0.4, 0.5) is 11.4 Å². The van der Waals surface area contributed by atoms with Crippen molar-refractivity contribution in [3.63, 3.8) is 0 Å². The van der Waals surface area contributed by atoms with E-state index >= 15 is 0 Å². The lowest BCUT2D eigenvalue weighted by Gasteiger charge is -2.38. The number of halogens is 1. The van der Waals surface area contributed by atoms with Crippen molar-refractivity contribution in [2.24, 2.45) is 0 Å². The van der Waals surface area contributed by atoms with Gasteiger partial charge in [0.2, 0.25) is 17.5 Å². The number of fused-ring (bicyclic) bond motifs is 2. The van der Waals surface area contributed by atoms with E-state index in [1.807, 2.05) is 36.4 Å². The summed E-state index contributed by atoms with van der Waals surface area (Å²) in [6, 6.07) is 15.8. The summed E-state index contributed by atoms with van der Waals surface area (Å²) < 4.78 is 5.95. The van der Waals surface area contributed by atoms with E-state index in [4.69, 9.17) is 22.9 Å². The van der Waals surface area contributed by atoms with Crippen molar-refractivity contribution < 1.29 is 28.7 Å². The van der Waals surface area contributed by atoms with Gasteiger partial charge in [0.15, 0.2) is 0 Å². The van der Waals surface area contributed by atoms with E-state index in [1.165, 1.54) is 0 Å². The van der Waals surface area contributed by atoms with Gasteiger partial charge >= 0.3 is 0 Å². The van der Waals surface area contributed by atoms with E-state index in [2.05, 4.69) is 25.3 Å². The van der Waals surface area contributed by atoms with Crippen molar-refractivity contribution in [1.82, 2.24) is 20.4 Å². The maximum atomic E-state index is 13.3. The molecule has 4 heterocycles. The van der Waals surface area contributed by atoms with Crippen LogP contribution in [0.1, 0.15) is 80.7 Å². The van der Waals surface area contributed by atoms with Crippen molar-refractivity contribution in [3.8, 4) is 5.75 Å². The van der Waals surface area contributed by atoms with Crippen molar-refractivity contribution in [1.29, 1.82) is 0 Å². The summed E-state index contributed by atoms with van der Waals surface area (Å²) in [5.74, 6) is -1.44. The van der Waals surface area contributed by atoms with Gasteiger partial charge < -0.3 is 15.0 Å². The molecular formula is C38H35ClN6O6. The average Bonchev–Trinajstić information content (AvgIpc) is 3.64. The number of anilines is 1. The van der Waals surface area contributed by atoms with E-state index in [0.29, 0.717) is 65.1 Å². The van der Waals surface area contributed by atoms with Gasteiger partial charge in [0, 0.05) is 68.8 Å². The summed E-state index contributed by atoms with van der Waals surface area (Å²) in [5, 5.41) is 5.69. The molecule has 12 nitrogen and oxygen atoms in total.